The summed E-state index contributed by atoms with van der Waals surface area (Å²) in [5.74, 6) is 0.366. The van der Waals surface area contributed by atoms with E-state index in [-0.39, 0.29) is 22.9 Å². The van der Waals surface area contributed by atoms with Crippen LogP contribution in [-0.2, 0) is 10.0 Å². The van der Waals surface area contributed by atoms with Crippen molar-refractivity contribution in [3.8, 4) is 11.5 Å². The fourth-order valence-electron chi connectivity index (χ4n) is 3.49. The summed E-state index contributed by atoms with van der Waals surface area (Å²) in [4.78, 5) is -0.243. The molecule has 196 valence electrons. The van der Waals surface area contributed by atoms with Crippen LogP contribution in [0.3, 0.4) is 0 Å². The molecule has 1 unspecified atom stereocenters. The fourth-order valence-corrected chi connectivity index (χ4v) is 4.79. The Labute approximate surface area is 216 Å². The van der Waals surface area contributed by atoms with Crippen molar-refractivity contribution in [1.82, 2.24) is 15.5 Å². The first-order valence-corrected chi connectivity index (χ1v) is 12.9. The topological polar surface area (TPSA) is 126 Å². The second-order valence-electron chi connectivity index (χ2n) is 7.87. The van der Waals surface area contributed by atoms with E-state index in [1.54, 1.807) is 24.3 Å². The molecule has 4 N–H and O–H groups in total. The minimum Gasteiger partial charge on any atom is -0.492 e. The second-order valence-corrected chi connectivity index (χ2v) is 9.91. The normalized spacial score (nSPS) is 12.6. The van der Waals surface area contributed by atoms with Crippen molar-refractivity contribution >= 4 is 38.2 Å². The molecule has 37 heavy (non-hydrogen) atoms. The van der Waals surface area contributed by atoms with Crippen LogP contribution in [0.4, 0.5) is 14.5 Å². The van der Waals surface area contributed by atoms with Crippen molar-refractivity contribution in [2.24, 2.45) is 0 Å². The first-order valence-electron chi connectivity index (χ1n) is 11.0. The van der Waals surface area contributed by atoms with Crippen molar-refractivity contribution in [3.63, 3.8) is 0 Å². The molecule has 13 heteroatoms. The molecule has 4 aromatic rings. The van der Waals surface area contributed by atoms with Crippen LogP contribution in [0.25, 0.3) is 10.9 Å². The number of ether oxygens (including phenoxy) is 2. The van der Waals surface area contributed by atoms with Gasteiger partial charge in [-0.15, -0.1) is 0 Å². The Hall–Kier alpha value is -3.45. The van der Waals surface area contributed by atoms with E-state index in [1.807, 2.05) is 6.07 Å². The number of halogens is 3. The molecule has 9 nitrogen and oxygen atoms in total. The Balaban J connectivity index is 1.28. The summed E-state index contributed by atoms with van der Waals surface area (Å²) in [5.41, 5.74) is 1.44. The Morgan fingerprint density at radius 2 is 1.86 bits per heavy atom. The van der Waals surface area contributed by atoms with Crippen LogP contribution >= 0.6 is 11.6 Å². The highest BCUT2D eigenvalue weighted by molar-refractivity contribution is 7.92. The monoisotopic (exact) mass is 552 g/mol. The molecule has 0 amide bonds. The number of anilines is 1. The molecule has 3 aromatic carbocycles. The molecular weight excluding hydrogens is 530 g/mol. The zero-order valence-corrected chi connectivity index (χ0v) is 20.8. The van der Waals surface area contributed by atoms with Gasteiger partial charge in [-0.05, 0) is 42.0 Å². The summed E-state index contributed by atoms with van der Waals surface area (Å²) >= 11 is 5.96. The van der Waals surface area contributed by atoms with Gasteiger partial charge in [-0.25, -0.2) is 8.42 Å². The van der Waals surface area contributed by atoms with Crippen LogP contribution in [-0.4, -0.2) is 50.0 Å². The number of aliphatic hydroxyl groups is 1. The van der Waals surface area contributed by atoms with E-state index in [2.05, 4.69) is 25.0 Å². The zero-order valence-electron chi connectivity index (χ0n) is 19.2. The van der Waals surface area contributed by atoms with E-state index in [4.69, 9.17) is 16.3 Å². The Morgan fingerprint density at radius 3 is 2.68 bits per heavy atom. The zero-order chi connectivity index (χ0) is 26.4. The van der Waals surface area contributed by atoms with Gasteiger partial charge in [0.2, 0.25) is 0 Å². The SMILES string of the molecule is O=S(=O)(Nc1cccc(C(O)CNCCOc2ccc3c(Cl)n[nH]c3c2)c1)c1cccc(OC(F)F)c1. The summed E-state index contributed by atoms with van der Waals surface area (Å²) in [6.07, 6.45) is -0.921. The van der Waals surface area contributed by atoms with Crippen LogP contribution in [0.1, 0.15) is 11.7 Å². The molecule has 1 atom stereocenters. The number of hydrogen-bond donors (Lipinski definition) is 4. The third kappa shape index (κ3) is 7.07. The Kier molecular flexibility index (Phi) is 8.44. The minimum absolute atomic E-state index is 0.196. The molecule has 0 radical (unpaired) electrons. The third-order valence-corrected chi connectivity index (χ3v) is 6.90. The van der Waals surface area contributed by atoms with Gasteiger partial charge in [-0.3, -0.25) is 9.82 Å². The lowest BCUT2D eigenvalue weighted by molar-refractivity contribution is -0.0499. The van der Waals surface area contributed by atoms with Gasteiger partial charge in [0.1, 0.15) is 18.1 Å². The van der Waals surface area contributed by atoms with Gasteiger partial charge >= 0.3 is 6.61 Å². The number of fused-ring (bicyclic) bond motifs is 1. The number of aliphatic hydroxyl groups excluding tert-OH is 1. The van der Waals surface area contributed by atoms with Gasteiger partial charge in [0.25, 0.3) is 10.0 Å². The van der Waals surface area contributed by atoms with Gasteiger partial charge in [-0.1, -0.05) is 29.8 Å². The summed E-state index contributed by atoms with van der Waals surface area (Å²) in [6, 6.07) is 16.4. The van der Waals surface area contributed by atoms with E-state index in [1.165, 1.54) is 30.3 Å². The molecule has 4 rings (SSSR count). The van der Waals surface area contributed by atoms with E-state index in [0.717, 1.165) is 17.0 Å². The number of nitrogens with zero attached hydrogens (tertiary/aromatic N) is 1. The van der Waals surface area contributed by atoms with Crippen molar-refractivity contribution in [2.45, 2.75) is 17.6 Å². The van der Waals surface area contributed by atoms with Crippen LogP contribution in [0.5, 0.6) is 11.5 Å². The summed E-state index contributed by atoms with van der Waals surface area (Å²) in [7, 11) is -4.08. The molecule has 0 aliphatic heterocycles. The number of aromatic amines is 1. The molecule has 0 spiro atoms. The van der Waals surface area contributed by atoms with E-state index in [9.17, 15) is 22.3 Å². The molecular formula is C24H23ClF2N4O5S. The maximum absolute atomic E-state index is 12.7. The maximum atomic E-state index is 12.7. The van der Waals surface area contributed by atoms with E-state index in [0.29, 0.717) is 29.6 Å². The van der Waals surface area contributed by atoms with E-state index >= 15 is 0 Å². The van der Waals surface area contributed by atoms with E-state index < -0.39 is 22.7 Å². The van der Waals surface area contributed by atoms with Crippen LogP contribution < -0.4 is 19.5 Å². The largest absolute Gasteiger partial charge is 0.492 e. The van der Waals surface area contributed by atoms with Crippen LogP contribution in [0.15, 0.2) is 71.6 Å². The predicted octanol–water partition coefficient (Wildman–Crippen LogP) is 4.32. The molecule has 0 bridgehead atoms. The highest BCUT2D eigenvalue weighted by atomic mass is 35.5. The number of rotatable bonds is 12. The highest BCUT2D eigenvalue weighted by Crippen LogP contribution is 2.25. The molecule has 0 fully saturated rings. The quantitative estimate of drug-likeness (QED) is 0.193. The third-order valence-electron chi connectivity index (χ3n) is 5.24. The average Bonchev–Trinajstić information content (AvgIpc) is 3.23. The molecule has 0 saturated heterocycles. The standard InChI is InChI=1S/C24H23ClF2N4O5S/c25-23-20-8-7-17(13-21(20)29-30-23)35-10-9-28-14-22(32)15-3-1-4-16(11-15)31-37(33,34)19-6-2-5-18(12-19)36-24(26)27/h1-8,11-13,22,24,28,31-32H,9-10,14H2,(H,29,30). The Bertz CT molecular complexity index is 1470. The lowest BCUT2D eigenvalue weighted by atomic mass is 10.1. The lowest BCUT2D eigenvalue weighted by Crippen LogP contribution is -2.26. The average molecular weight is 553 g/mol. The first kappa shape index (κ1) is 26.6. The summed E-state index contributed by atoms with van der Waals surface area (Å²) in [5, 5.41) is 21.5. The molecule has 1 heterocycles. The fraction of sp³-hybridized carbons (Fsp3) is 0.208. The van der Waals surface area contributed by atoms with Gasteiger partial charge < -0.3 is 19.9 Å². The summed E-state index contributed by atoms with van der Waals surface area (Å²) in [6.45, 7) is -2.09. The smallest absolute Gasteiger partial charge is 0.387 e. The maximum Gasteiger partial charge on any atom is 0.387 e. The van der Waals surface area contributed by atoms with Crippen molar-refractivity contribution < 1.29 is 31.8 Å². The second kappa shape index (κ2) is 11.7. The summed E-state index contributed by atoms with van der Waals surface area (Å²) < 4.78 is 62.6. The van der Waals surface area contributed by atoms with Crippen molar-refractivity contribution in [3.05, 3.63) is 77.4 Å². The van der Waals surface area contributed by atoms with Crippen LogP contribution in [0.2, 0.25) is 5.15 Å². The minimum atomic E-state index is -4.08. The van der Waals surface area contributed by atoms with Crippen molar-refractivity contribution in [1.29, 1.82) is 0 Å². The first-order chi connectivity index (χ1) is 17.7. The number of hydrogen-bond acceptors (Lipinski definition) is 7. The molecule has 1 aromatic heterocycles. The lowest BCUT2D eigenvalue weighted by Gasteiger charge is -2.15. The number of nitrogens with one attached hydrogen (secondary N) is 3. The van der Waals surface area contributed by atoms with Gasteiger partial charge in [0, 0.05) is 36.3 Å². The van der Waals surface area contributed by atoms with Gasteiger partial charge in [0.15, 0.2) is 5.15 Å². The Morgan fingerprint density at radius 1 is 1.05 bits per heavy atom. The highest BCUT2D eigenvalue weighted by Gasteiger charge is 2.17. The number of benzene rings is 3. The molecule has 0 aliphatic rings. The number of alkyl halides is 2. The number of aromatic nitrogens is 2. The van der Waals surface area contributed by atoms with Gasteiger partial charge in [0.05, 0.1) is 16.5 Å². The number of sulfonamides is 1. The molecule has 0 aliphatic carbocycles. The molecule has 0 saturated carbocycles. The van der Waals surface area contributed by atoms with Crippen molar-refractivity contribution in [2.75, 3.05) is 24.4 Å². The number of H-pyrrole nitrogens is 1. The van der Waals surface area contributed by atoms with Gasteiger partial charge in [-0.2, -0.15) is 13.9 Å². The van der Waals surface area contributed by atoms with Crippen LogP contribution in [0, 0.1) is 0 Å². The predicted molar refractivity (Wildman–Crippen MR) is 135 cm³/mol.